The van der Waals surface area contributed by atoms with E-state index in [-0.39, 0.29) is 40.3 Å². The Morgan fingerprint density at radius 1 is 1.26 bits per heavy atom. The fourth-order valence-electron chi connectivity index (χ4n) is 6.07. The lowest BCUT2D eigenvalue weighted by Crippen LogP contribution is -2.58. The lowest BCUT2D eigenvalue weighted by molar-refractivity contribution is -0.143. The van der Waals surface area contributed by atoms with Gasteiger partial charge in [-0.05, 0) is 30.9 Å². The fraction of sp³-hybridized carbons (Fsp3) is 0.654. The Bertz CT molecular complexity index is 950. The van der Waals surface area contributed by atoms with Gasteiger partial charge < -0.3 is 20.6 Å². The van der Waals surface area contributed by atoms with Crippen LogP contribution in [0.3, 0.4) is 0 Å². The highest BCUT2D eigenvalue weighted by atomic mass is 79.9. The number of nitrogens with zero attached hydrogens (tertiary/aromatic N) is 1. The van der Waals surface area contributed by atoms with Gasteiger partial charge in [-0.3, -0.25) is 14.4 Å². The second-order valence-electron chi connectivity index (χ2n) is 10.0. The molecule has 0 saturated carbocycles. The summed E-state index contributed by atoms with van der Waals surface area (Å²) in [5, 5.41) is 16.3. The van der Waals surface area contributed by atoms with Crippen molar-refractivity contribution in [2.24, 2.45) is 17.8 Å². The summed E-state index contributed by atoms with van der Waals surface area (Å²) < 4.78 is -0.703. The van der Waals surface area contributed by atoms with E-state index in [1.54, 1.807) is 16.7 Å². The van der Waals surface area contributed by atoms with Crippen molar-refractivity contribution in [1.82, 2.24) is 10.2 Å². The molecule has 3 aliphatic rings. The molecule has 192 valence electrons. The number of likely N-dealkylation sites (tertiary alicyclic amines) is 1. The molecule has 3 heterocycles. The van der Waals surface area contributed by atoms with Crippen LogP contribution in [0.5, 0.6) is 0 Å². The largest absolute Gasteiger partial charge is 0.394 e. The summed E-state index contributed by atoms with van der Waals surface area (Å²) in [6, 6.07) is 8.08. The van der Waals surface area contributed by atoms with Crippen LogP contribution in [-0.4, -0.2) is 67.8 Å². The third-order valence-corrected chi connectivity index (χ3v) is 11.2. The molecule has 1 aromatic rings. The second kappa shape index (κ2) is 10.8. The van der Waals surface area contributed by atoms with E-state index in [2.05, 4.69) is 33.5 Å². The van der Waals surface area contributed by atoms with Crippen molar-refractivity contribution in [2.75, 3.05) is 18.5 Å². The van der Waals surface area contributed by atoms with E-state index in [1.165, 1.54) is 0 Å². The predicted molar refractivity (Wildman–Crippen MR) is 142 cm³/mol. The Morgan fingerprint density at radius 2 is 1.97 bits per heavy atom. The normalized spacial score (nSPS) is 32.9. The number of carbonyl (C=O) groups excluding carboxylic acids is 3. The van der Waals surface area contributed by atoms with Crippen LogP contribution in [0.15, 0.2) is 30.3 Å². The van der Waals surface area contributed by atoms with Crippen LogP contribution in [0, 0.1) is 17.8 Å². The molecule has 3 saturated heterocycles. The fourth-order valence-corrected chi connectivity index (χ4v) is 9.67. The molecule has 2 bridgehead atoms. The molecule has 0 aliphatic carbocycles. The average Bonchev–Trinajstić information content (AvgIpc) is 3.44. The van der Waals surface area contributed by atoms with Crippen LogP contribution in [0.4, 0.5) is 5.69 Å². The first kappa shape index (κ1) is 26.5. The summed E-state index contributed by atoms with van der Waals surface area (Å²) in [5.74, 6) is -1.68. The summed E-state index contributed by atoms with van der Waals surface area (Å²) in [6.07, 6.45) is 3.21. The number of nitrogens with one attached hydrogen (secondary N) is 2. The van der Waals surface area contributed by atoms with Gasteiger partial charge >= 0.3 is 0 Å². The molecular formula is C26H36BrN3O4S. The second-order valence-corrected chi connectivity index (χ2v) is 12.8. The number of rotatable bonds is 10. The number of unbranched alkanes of at least 4 members (excludes halogenated alkanes) is 1. The van der Waals surface area contributed by atoms with E-state index < -0.39 is 28.7 Å². The van der Waals surface area contributed by atoms with Crippen LogP contribution in [0.1, 0.15) is 46.5 Å². The first-order valence-corrected chi connectivity index (χ1v) is 14.5. The Balaban J connectivity index is 1.72. The maximum Gasteiger partial charge on any atom is 0.244 e. The topological polar surface area (TPSA) is 98.7 Å². The molecule has 3 amide bonds. The minimum Gasteiger partial charge on any atom is -0.394 e. The van der Waals surface area contributed by atoms with Crippen LogP contribution in [-0.2, 0) is 14.4 Å². The minimum atomic E-state index is -0.715. The number of benzene rings is 1. The summed E-state index contributed by atoms with van der Waals surface area (Å²) in [7, 11) is 0. The molecule has 8 atom stereocenters. The van der Waals surface area contributed by atoms with Gasteiger partial charge in [-0.1, -0.05) is 67.7 Å². The quantitative estimate of drug-likeness (QED) is 0.298. The van der Waals surface area contributed by atoms with Crippen molar-refractivity contribution in [3.8, 4) is 0 Å². The molecule has 7 nitrogen and oxygen atoms in total. The van der Waals surface area contributed by atoms with E-state index in [0.29, 0.717) is 18.7 Å². The maximum atomic E-state index is 14.1. The van der Waals surface area contributed by atoms with Crippen LogP contribution < -0.4 is 10.6 Å². The number of para-hydroxylation sites is 1. The molecule has 3 unspecified atom stereocenters. The van der Waals surface area contributed by atoms with Crippen molar-refractivity contribution in [3.05, 3.63) is 30.3 Å². The number of hydrogen-bond acceptors (Lipinski definition) is 5. The lowest BCUT2D eigenvalue weighted by atomic mass is 9.70. The van der Waals surface area contributed by atoms with E-state index in [9.17, 15) is 19.5 Å². The Labute approximate surface area is 220 Å². The highest BCUT2D eigenvalue weighted by Gasteiger charge is 2.76. The monoisotopic (exact) mass is 565 g/mol. The van der Waals surface area contributed by atoms with Gasteiger partial charge in [0.15, 0.2) is 0 Å². The predicted octanol–water partition coefficient (Wildman–Crippen LogP) is 3.41. The SMILES string of the molecule is CCCCNC(=O)C1N([C@@H](CO)[C@@H](C)CC)C(=O)[C@@H]2[C@@H](C(=O)Nc3ccccc3)[C@@H]3SC12CC3Br. The van der Waals surface area contributed by atoms with Gasteiger partial charge in [-0.15, -0.1) is 11.8 Å². The molecule has 0 radical (unpaired) electrons. The van der Waals surface area contributed by atoms with Crippen molar-refractivity contribution >= 4 is 51.1 Å². The summed E-state index contributed by atoms with van der Waals surface area (Å²) >= 11 is 5.41. The maximum absolute atomic E-state index is 14.1. The zero-order valence-electron chi connectivity index (χ0n) is 20.6. The standard InChI is InChI=1S/C26H36BrN3O4S/c1-4-6-12-28-24(33)22-26-13-17(27)21(35-26)19(23(32)29-16-10-8-7-9-11-16)20(26)25(34)30(22)18(14-31)15(3)5-2/h7-11,15,17-22,31H,4-6,12-14H2,1-3H3,(H,28,33)(H,29,32)/t15-,17?,18-,19+,20-,21+,22?,26?/m0/s1. The van der Waals surface area contributed by atoms with Crippen LogP contribution in [0.25, 0.3) is 0 Å². The molecule has 0 aromatic heterocycles. The first-order valence-electron chi connectivity index (χ1n) is 12.7. The van der Waals surface area contributed by atoms with Gasteiger partial charge in [-0.25, -0.2) is 0 Å². The number of fused-ring (bicyclic) bond motifs is 1. The van der Waals surface area contributed by atoms with Gasteiger partial charge in [0, 0.05) is 22.3 Å². The number of thioether (sulfide) groups is 1. The molecule has 35 heavy (non-hydrogen) atoms. The molecule has 1 aromatic carbocycles. The zero-order chi connectivity index (χ0) is 25.3. The smallest absolute Gasteiger partial charge is 0.244 e. The van der Waals surface area contributed by atoms with Crippen molar-refractivity contribution < 1.29 is 19.5 Å². The number of hydrogen-bond donors (Lipinski definition) is 3. The summed E-state index contributed by atoms with van der Waals surface area (Å²) in [6.45, 7) is 6.43. The van der Waals surface area contributed by atoms with Crippen molar-refractivity contribution in [3.63, 3.8) is 0 Å². The summed E-state index contributed by atoms with van der Waals surface area (Å²) in [4.78, 5) is 43.1. The third-order valence-electron chi connectivity index (χ3n) is 7.99. The molecule has 4 rings (SSSR count). The van der Waals surface area contributed by atoms with E-state index in [0.717, 1.165) is 19.3 Å². The van der Waals surface area contributed by atoms with E-state index in [4.69, 9.17) is 0 Å². The molecule has 3 fully saturated rings. The van der Waals surface area contributed by atoms with E-state index in [1.807, 2.05) is 44.2 Å². The number of alkyl halides is 1. The number of aliphatic hydroxyl groups excluding tert-OH is 1. The van der Waals surface area contributed by atoms with Gasteiger partial charge in [0.05, 0.1) is 29.2 Å². The van der Waals surface area contributed by atoms with Crippen LogP contribution >= 0.6 is 27.7 Å². The van der Waals surface area contributed by atoms with Crippen molar-refractivity contribution in [1.29, 1.82) is 0 Å². The van der Waals surface area contributed by atoms with Crippen molar-refractivity contribution in [2.45, 2.75) is 73.4 Å². The molecule has 9 heteroatoms. The van der Waals surface area contributed by atoms with Gasteiger partial charge in [0.1, 0.15) is 6.04 Å². The van der Waals surface area contributed by atoms with Crippen LogP contribution in [0.2, 0.25) is 0 Å². The number of anilines is 1. The number of halogens is 1. The Kier molecular flexibility index (Phi) is 8.18. The summed E-state index contributed by atoms with van der Waals surface area (Å²) in [5.41, 5.74) is 0.689. The van der Waals surface area contributed by atoms with Gasteiger partial charge in [0.25, 0.3) is 0 Å². The Morgan fingerprint density at radius 3 is 2.60 bits per heavy atom. The molecular weight excluding hydrogens is 530 g/mol. The molecule has 3 aliphatic heterocycles. The number of carbonyl (C=O) groups is 3. The van der Waals surface area contributed by atoms with E-state index >= 15 is 0 Å². The highest BCUT2D eigenvalue weighted by Crippen LogP contribution is 2.68. The lowest BCUT2D eigenvalue weighted by Gasteiger charge is -2.39. The average molecular weight is 567 g/mol. The number of amides is 3. The van der Waals surface area contributed by atoms with Gasteiger partial charge in [0.2, 0.25) is 17.7 Å². The minimum absolute atomic E-state index is 0.0173. The highest BCUT2D eigenvalue weighted by molar-refractivity contribution is 9.09. The first-order chi connectivity index (χ1) is 16.8. The molecule has 3 N–H and O–H groups in total. The Hall–Kier alpha value is -1.58. The zero-order valence-corrected chi connectivity index (χ0v) is 23.0. The molecule has 1 spiro atoms. The van der Waals surface area contributed by atoms with Gasteiger partial charge in [-0.2, -0.15) is 0 Å². The third kappa shape index (κ3) is 4.53. The number of aliphatic hydroxyl groups is 1.